The van der Waals surface area contributed by atoms with E-state index in [1.165, 1.54) is 101 Å². The normalized spacial score (nSPS) is 11.1. The minimum atomic E-state index is -0.605. The number of esters is 2. The first kappa shape index (κ1) is 31.3. The van der Waals surface area contributed by atoms with Gasteiger partial charge >= 0.3 is 11.9 Å². The van der Waals surface area contributed by atoms with Crippen LogP contribution in [0.25, 0.3) is 0 Å². The molecule has 0 spiro atoms. The molecule has 2 aromatic rings. The lowest BCUT2D eigenvalue weighted by Crippen LogP contribution is -2.08. The second-order valence-corrected chi connectivity index (χ2v) is 10.2. The van der Waals surface area contributed by atoms with Crippen molar-refractivity contribution in [2.24, 2.45) is 0 Å². The quantitative estimate of drug-likeness (QED) is 0.0755. The summed E-state index contributed by atoms with van der Waals surface area (Å²) in [6.45, 7) is 4.48. The van der Waals surface area contributed by atoms with Crippen LogP contribution in [0, 0.1) is 0 Å². The fourth-order valence-corrected chi connectivity index (χ4v) is 4.46. The van der Waals surface area contributed by atoms with Gasteiger partial charge in [0, 0.05) is 12.2 Å². The molecule has 0 aliphatic heterocycles. The molecule has 4 nitrogen and oxygen atoms in total. The monoisotopic (exact) mass is 520 g/mol. The Balaban J connectivity index is 1.63. The summed E-state index contributed by atoms with van der Waals surface area (Å²) in [5.41, 5.74) is 2.48. The molecule has 0 unspecified atom stereocenters. The first-order chi connectivity index (χ1) is 18.6. The molecule has 0 saturated heterocycles. The Bertz CT molecular complexity index is 850. The van der Waals surface area contributed by atoms with Crippen LogP contribution in [0.2, 0.25) is 0 Å². The highest BCUT2D eigenvalue weighted by Gasteiger charge is 2.05. The van der Waals surface area contributed by atoms with Crippen LogP contribution < -0.4 is 9.47 Å². The topological polar surface area (TPSA) is 52.6 Å². The molecule has 2 rings (SSSR count). The first-order valence-electron chi connectivity index (χ1n) is 14.9. The number of carbonyl (C=O) groups is 2. The predicted octanol–water partition coefficient (Wildman–Crippen LogP) is 9.34. The maximum atomic E-state index is 12.1. The van der Waals surface area contributed by atoms with Crippen LogP contribution in [0.4, 0.5) is 0 Å². The fraction of sp³-hybridized carbons (Fsp3) is 0.529. The van der Waals surface area contributed by atoms with Gasteiger partial charge in [-0.25, -0.2) is 9.59 Å². The van der Waals surface area contributed by atoms with Crippen LogP contribution in [-0.4, -0.2) is 11.9 Å². The molecule has 0 aromatic heterocycles. The molecule has 0 radical (unpaired) electrons. The Morgan fingerprint density at radius 1 is 0.500 bits per heavy atom. The van der Waals surface area contributed by atoms with Gasteiger partial charge in [-0.3, -0.25) is 0 Å². The maximum Gasteiger partial charge on any atom is 0.336 e. The zero-order valence-corrected chi connectivity index (χ0v) is 23.7. The third-order valence-corrected chi connectivity index (χ3v) is 6.78. The van der Waals surface area contributed by atoms with Crippen LogP contribution >= 0.6 is 0 Å². The molecule has 0 heterocycles. The minimum absolute atomic E-state index is 0.466. The van der Waals surface area contributed by atoms with Crippen molar-refractivity contribution in [2.75, 3.05) is 0 Å². The average molecular weight is 521 g/mol. The number of hydrogen-bond acceptors (Lipinski definition) is 4. The van der Waals surface area contributed by atoms with E-state index in [4.69, 9.17) is 9.47 Å². The number of unbranched alkanes of at least 4 members (excludes halogenated alkanes) is 12. The molecule has 0 aliphatic carbocycles. The standard InChI is InChI=1S/C34H48O4/c1-3-5-7-9-11-13-15-17-29-19-23-31(24-20-29)37-33(35)27-28-34(36)38-32-25-21-30(22-26-32)18-16-14-12-10-8-6-4-2/h19-28H,3-18H2,1-2H3/b28-27-. The van der Waals surface area contributed by atoms with Gasteiger partial charge in [0.2, 0.25) is 0 Å². The number of aryl methyl sites for hydroxylation is 2. The number of hydrogen-bond donors (Lipinski definition) is 0. The van der Waals surface area contributed by atoms with Gasteiger partial charge in [0.05, 0.1) is 0 Å². The molecular formula is C34H48O4. The lowest BCUT2D eigenvalue weighted by Gasteiger charge is -2.05. The van der Waals surface area contributed by atoms with Crippen LogP contribution in [0.15, 0.2) is 60.7 Å². The number of benzene rings is 2. The lowest BCUT2D eigenvalue weighted by molar-refractivity contribution is -0.131. The van der Waals surface area contributed by atoms with Crippen LogP contribution in [0.5, 0.6) is 11.5 Å². The zero-order chi connectivity index (χ0) is 27.3. The summed E-state index contributed by atoms with van der Waals surface area (Å²) in [5.74, 6) is -0.278. The van der Waals surface area contributed by atoms with Gasteiger partial charge in [0.15, 0.2) is 0 Å². The second-order valence-electron chi connectivity index (χ2n) is 10.2. The lowest BCUT2D eigenvalue weighted by atomic mass is 10.0. The van der Waals surface area contributed by atoms with E-state index in [1.807, 2.05) is 24.3 Å². The summed E-state index contributed by atoms with van der Waals surface area (Å²) in [6, 6.07) is 15.2. The van der Waals surface area contributed by atoms with E-state index in [-0.39, 0.29) is 0 Å². The molecular weight excluding hydrogens is 472 g/mol. The van der Waals surface area contributed by atoms with Gasteiger partial charge in [-0.2, -0.15) is 0 Å². The van der Waals surface area contributed by atoms with Gasteiger partial charge in [-0.05, 0) is 61.1 Å². The van der Waals surface area contributed by atoms with E-state index in [1.54, 1.807) is 24.3 Å². The summed E-state index contributed by atoms with van der Waals surface area (Å²) < 4.78 is 10.6. The Kier molecular flexibility index (Phi) is 16.6. The zero-order valence-electron chi connectivity index (χ0n) is 23.7. The van der Waals surface area contributed by atoms with E-state index in [0.29, 0.717) is 11.5 Å². The van der Waals surface area contributed by atoms with E-state index in [0.717, 1.165) is 25.0 Å². The van der Waals surface area contributed by atoms with Crippen LogP contribution in [-0.2, 0) is 22.4 Å². The van der Waals surface area contributed by atoms with Crippen molar-refractivity contribution in [2.45, 2.75) is 117 Å². The van der Waals surface area contributed by atoms with Crippen LogP contribution in [0.3, 0.4) is 0 Å². The Labute approximate surface area is 230 Å². The van der Waals surface area contributed by atoms with Gasteiger partial charge in [0.1, 0.15) is 11.5 Å². The maximum absolute atomic E-state index is 12.1. The highest BCUT2D eigenvalue weighted by molar-refractivity contribution is 5.93. The summed E-state index contributed by atoms with van der Waals surface area (Å²) in [4.78, 5) is 24.2. The van der Waals surface area contributed by atoms with Crippen molar-refractivity contribution >= 4 is 11.9 Å². The van der Waals surface area contributed by atoms with Gasteiger partial charge in [0.25, 0.3) is 0 Å². The highest BCUT2D eigenvalue weighted by atomic mass is 16.5. The van der Waals surface area contributed by atoms with Gasteiger partial charge in [-0.1, -0.05) is 115 Å². The Hall–Kier alpha value is -2.88. The molecule has 0 atom stereocenters. The second kappa shape index (κ2) is 20.1. The predicted molar refractivity (Wildman–Crippen MR) is 157 cm³/mol. The van der Waals surface area contributed by atoms with E-state index in [2.05, 4.69) is 13.8 Å². The SMILES string of the molecule is CCCCCCCCCc1ccc(OC(=O)/C=C\C(=O)Oc2ccc(CCCCCCCCC)cc2)cc1. The third-order valence-electron chi connectivity index (χ3n) is 6.78. The number of ether oxygens (including phenoxy) is 2. The summed E-state index contributed by atoms with van der Waals surface area (Å²) in [5, 5.41) is 0. The van der Waals surface area contributed by atoms with Crippen molar-refractivity contribution in [3.05, 3.63) is 71.8 Å². The third kappa shape index (κ3) is 14.8. The molecule has 0 fully saturated rings. The molecule has 0 saturated carbocycles. The van der Waals surface area contributed by atoms with E-state index < -0.39 is 11.9 Å². The molecule has 2 aromatic carbocycles. The highest BCUT2D eigenvalue weighted by Crippen LogP contribution is 2.17. The Morgan fingerprint density at radius 2 is 0.816 bits per heavy atom. The molecule has 0 N–H and O–H groups in total. The van der Waals surface area contributed by atoms with Gasteiger partial charge < -0.3 is 9.47 Å². The largest absolute Gasteiger partial charge is 0.423 e. The number of carbonyl (C=O) groups excluding carboxylic acids is 2. The van der Waals surface area contributed by atoms with Crippen molar-refractivity contribution < 1.29 is 19.1 Å². The van der Waals surface area contributed by atoms with Gasteiger partial charge in [-0.15, -0.1) is 0 Å². The first-order valence-corrected chi connectivity index (χ1v) is 14.9. The van der Waals surface area contributed by atoms with Crippen molar-refractivity contribution in [3.63, 3.8) is 0 Å². The number of rotatable bonds is 20. The molecule has 4 heteroatoms. The summed E-state index contributed by atoms with van der Waals surface area (Å²) in [7, 11) is 0. The summed E-state index contributed by atoms with van der Waals surface area (Å²) >= 11 is 0. The summed E-state index contributed by atoms with van der Waals surface area (Å²) in [6.07, 6.45) is 22.3. The van der Waals surface area contributed by atoms with Crippen molar-refractivity contribution in [1.29, 1.82) is 0 Å². The van der Waals surface area contributed by atoms with Crippen molar-refractivity contribution in [3.8, 4) is 11.5 Å². The molecule has 0 amide bonds. The smallest absolute Gasteiger partial charge is 0.336 e. The van der Waals surface area contributed by atoms with Crippen LogP contribution in [0.1, 0.15) is 115 Å². The average Bonchev–Trinajstić information content (AvgIpc) is 2.93. The molecule has 38 heavy (non-hydrogen) atoms. The van der Waals surface area contributed by atoms with E-state index >= 15 is 0 Å². The molecule has 0 bridgehead atoms. The fourth-order valence-electron chi connectivity index (χ4n) is 4.46. The Morgan fingerprint density at radius 3 is 1.16 bits per heavy atom. The van der Waals surface area contributed by atoms with E-state index in [9.17, 15) is 9.59 Å². The molecule has 0 aliphatic rings. The molecule has 208 valence electrons. The minimum Gasteiger partial charge on any atom is -0.423 e. The van der Waals surface area contributed by atoms with Crippen molar-refractivity contribution in [1.82, 2.24) is 0 Å².